The normalized spacial score (nSPS) is 14.4. The molecule has 0 radical (unpaired) electrons. The summed E-state index contributed by atoms with van der Waals surface area (Å²) >= 11 is -1.19. The smallest absolute Gasteiger partial charge is 0.171 e. The van der Waals surface area contributed by atoms with E-state index in [2.05, 4.69) is 27.1 Å². The molecule has 2 atom stereocenters. The van der Waals surface area contributed by atoms with Crippen molar-refractivity contribution in [2.24, 2.45) is 0 Å². The third-order valence-corrected chi connectivity index (χ3v) is 6.54. The zero-order chi connectivity index (χ0) is 20.8. The fourth-order valence-corrected chi connectivity index (χ4v) is 4.16. The van der Waals surface area contributed by atoms with Crippen molar-refractivity contribution < 1.29 is 4.55 Å². The quantitative estimate of drug-likeness (QED) is 0.508. The largest absolute Gasteiger partial charge is 0.598 e. The average Bonchev–Trinajstić information content (AvgIpc) is 3.17. The highest BCUT2D eigenvalue weighted by atomic mass is 32.2. The minimum absolute atomic E-state index is 0.140. The molecule has 2 aromatic carbocycles. The average molecular weight is 408 g/mol. The number of hydrogen-bond acceptors (Lipinski definition) is 5. The first-order valence-electron chi connectivity index (χ1n) is 9.63. The minimum Gasteiger partial charge on any atom is -0.598 e. The highest BCUT2D eigenvalue weighted by Crippen LogP contribution is 2.31. The van der Waals surface area contributed by atoms with E-state index in [9.17, 15) is 4.55 Å². The second-order valence-corrected chi connectivity index (χ2v) is 10.3. The van der Waals surface area contributed by atoms with Crippen molar-refractivity contribution in [3.8, 4) is 11.4 Å². The third-order valence-electron chi connectivity index (χ3n) is 4.86. The molecule has 4 aromatic rings. The number of fused-ring (bicyclic) bond motifs is 3. The second-order valence-electron chi connectivity index (χ2n) is 8.30. The SMILES string of the molecule is Cc1cc([C@@H](C)N[S@+]([O-])C(C)(C)C)c2nc(-c3ccccc3)n3cnnc3c2c1. The van der Waals surface area contributed by atoms with Crippen molar-refractivity contribution in [1.82, 2.24) is 24.3 Å². The lowest BCUT2D eigenvalue weighted by atomic mass is 10.0. The predicted octanol–water partition coefficient (Wildman–Crippen LogP) is 4.37. The van der Waals surface area contributed by atoms with Crippen molar-refractivity contribution in [3.05, 3.63) is 59.9 Å². The van der Waals surface area contributed by atoms with Gasteiger partial charge in [0, 0.05) is 22.3 Å². The van der Waals surface area contributed by atoms with Crippen LogP contribution in [-0.2, 0) is 11.4 Å². The molecule has 0 aliphatic heterocycles. The number of rotatable bonds is 4. The molecule has 0 saturated carbocycles. The molecule has 0 unspecified atom stereocenters. The van der Waals surface area contributed by atoms with E-state index in [-0.39, 0.29) is 10.8 Å². The zero-order valence-corrected chi connectivity index (χ0v) is 18.1. The summed E-state index contributed by atoms with van der Waals surface area (Å²) in [6.45, 7) is 9.96. The van der Waals surface area contributed by atoms with Crippen LogP contribution >= 0.6 is 0 Å². The molecule has 7 heteroatoms. The van der Waals surface area contributed by atoms with Gasteiger partial charge in [-0.05, 0) is 51.8 Å². The molecule has 0 amide bonds. The van der Waals surface area contributed by atoms with Gasteiger partial charge in [0.05, 0.1) is 11.6 Å². The van der Waals surface area contributed by atoms with E-state index in [1.165, 1.54) is 0 Å². The molecule has 1 N–H and O–H groups in total. The Hall–Kier alpha value is -2.48. The van der Waals surface area contributed by atoms with Gasteiger partial charge in [-0.15, -0.1) is 14.9 Å². The van der Waals surface area contributed by atoms with Crippen LogP contribution in [0.25, 0.3) is 27.9 Å². The van der Waals surface area contributed by atoms with Crippen molar-refractivity contribution in [1.29, 1.82) is 0 Å². The molecule has 0 aliphatic rings. The van der Waals surface area contributed by atoms with Gasteiger partial charge in [0.15, 0.2) is 5.65 Å². The number of nitrogens with one attached hydrogen (secondary N) is 1. The van der Waals surface area contributed by atoms with Crippen LogP contribution < -0.4 is 4.72 Å². The summed E-state index contributed by atoms with van der Waals surface area (Å²) in [5.74, 6) is 0.785. The third kappa shape index (κ3) is 3.73. The van der Waals surface area contributed by atoms with Crippen LogP contribution in [0.1, 0.15) is 44.9 Å². The van der Waals surface area contributed by atoms with Gasteiger partial charge in [0.2, 0.25) is 0 Å². The second kappa shape index (κ2) is 7.40. The van der Waals surface area contributed by atoms with Crippen LogP contribution in [0.15, 0.2) is 48.8 Å². The molecule has 4 rings (SSSR count). The minimum atomic E-state index is -1.19. The molecule has 6 nitrogen and oxygen atoms in total. The fourth-order valence-electron chi connectivity index (χ4n) is 3.36. The molecule has 150 valence electrons. The van der Waals surface area contributed by atoms with E-state index in [1.54, 1.807) is 6.33 Å². The Labute approximate surface area is 173 Å². The number of aromatic nitrogens is 4. The lowest BCUT2D eigenvalue weighted by Gasteiger charge is -2.27. The first-order chi connectivity index (χ1) is 13.8. The van der Waals surface area contributed by atoms with Crippen LogP contribution in [0.2, 0.25) is 0 Å². The van der Waals surface area contributed by atoms with Crippen molar-refractivity contribution >= 4 is 27.9 Å². The lowest BCUT2D eigenvalue weighted by Crippen LogP contribution is -2.40. The van der Waals surface area contributed by atoms with E-state index in [4.69, 9.17) is 4.98 Å². The summed E-state index contributed by atoms with van der Waals surface area (Å²) in [6, 6.07) is 14.1. The van der Waals surface area contributed by atoms with Gasteiger partial charge in [-0.3, -0.25) is 4.40 Å². The van der Waals surface area contributed by atoms with Crippen LogP contribution in [-0.4, -0.2) is 28.9 Å². The highest BCUT2D eigenvalue weighted by molar-refractivity contribution is 7.90. The van der Waals surface area contributed by atoms with Crippen molar-refractivity contribution in [2.45, 2.75) is 45.4 Å². The molecule has 2 heterocycles. The Balaban J connectivity index is 1.94. The zero-order valence-electron chi connectivity index (χ0n) is 17.3. The molecule has 0 fully saturated rings. The van der Waals surface area contributed by atoms with Gasteiger partial charge >= 0.3 is 0 Å². The molecule has 2 aromatic heterocycles. The maximum Gasteiger partial charge on any atom is 0.171 e. The molecule has 0 bridgehead atoms. The molecule has 0 aliphatic carbocycles. The summed E-state index contributed by atoms with van der Waals surface area (Å²) in [6.07, 6.45) is 1.70. The topological polar surface area (TPSA) is 78.2 Å². The Kier molecular flexibility index (Phi) is 5.06. The Morgan fingerprint density at radius 2 is 1.86 bits per heavy atom. The van der Waals surface area contributed by atoms with E-state index >= 15 is 0 Å². The summed E-state index contributed by atoms with van der Waals surface area (Å²) < 4.78 is 17.5. The van der Waals surface area contributed by atoms with Crippen LogP contribution in [0.5, 0.6) is 0 Å². The number of nitrogens with zero attached hydrogens (tertiary/aromatic N) is 4. The van der Waals surface area contributed by atoms with Crippen LogP contribution in [0.4, 0.5) is 0 Å². The first-order valence-corrected chi connectivity index (χ1v) is 10.8. The molecular weight excluding hydrogens is 382 g/mol. The van der Waals surface area contributed by atoms with Crippen LogP contribution in [0, 0.1) is 6.92 Å². The summed E-state index contributed by atoms with van der Waals surface area (Å²) in [5.41, 5.74) is 4.70. The van der Waals surface area contributed by atoms with E-state index in [0.717, 1.165) is 39.1 Å². The number of hydrogen-bond donors (Lipinski definition) is 1. The van der Waals surface area contributed by atoms with E-state index in [0.29, 0.717) is 0 Å². The molecule has 29 heavy (non-hydrogen) atoms. The van der Waals surface area contributed by atoms with Gasteiger partial charge < -0.3 is 4.55 Å². The monoisotopic (exact) mass is 407 g/mol. The Morgan fingerprint density at radius 1 is 1.14 bits per heavy atom. The lowest BCUT2D eigenvalue weighted by molar-refractivity contribution is 0.531. The molecule has 0 spiro atoms. The van der Waals surface area contributed by atoms with Gasteiger partial charge in [-0.25, -0.2) is 4.98 Å². The van der Waals surface area contributed by atoms with Gasteiger partial charge in [0.25, 0.3) is 0 Å². The van der Waals surface area contributed by atoms with Gasteiger partial charge in [0.1, 0.15) is 16.9 Å². The van der Waals surface area contributed by atoms with E-state index < -0.39 is 11.4 Å². The van der Waals surface area contributed by atoms with E-state index in [1.807, 2.05) is 69.4 Å². The number of benzene rings is 2. The first kappa shape index (κ1) is 19.8. The molecule has 0 saturated heterocycles. The van der Waals surface area contributed by atoms with Crippen molar-refractivity contribution in [3.63, 3.8) is 0 Å². The summed E-state index contributed by atoms with van der Waals surface area (Å²) in [7, 11) is 0. The maximum absolute atomic E-state index is 12.7. The summed E-state index contributed by atoms with van der Waals surface area (Å²) in [4.78, 5) is 5.02. The Morgan fingerprint density at radius 3 is 2.55 bits per heavy atom. The highest BCUT2D eigenvalue weighted by Gasteiger charge is 2.29. The predicted molar refractivity (Wildman–Crippen MR) is 118 cm³/mol. The Bertz CT molecular complexity index is 1170. The fraction of sp³-hybridized carbons (Fsp3) is 0.318. The number of aryl methyl sites for hydroxylation is 1. The van der Waals surface area contributed by atoms with Gasteiger partial charge in [-0.2, -0.15) is 0 Å². The summed E-state index contributed by atoms with van der Waals surface area (Å²) in [5, 5.41) is 9.44. The van der Waals surface area contributed by atoms with Gasteiger partial charge in [-0.1, -0.05) is 36.4 Å². The van der Waals surface area contributed by atoms with Crippen LogP contribution in [0.3, 0.4) is 0 Å². The maximum atomic E-state index is 12.7. The molecular formula is C22H25N5OS. The standard InChI is InChI=1S/C22H25N5OS/c1-14-11-17(15(2)26-29(28)22(3,4)5)19-18(12-14)21-25-23-13-27(21)20(24-19)16-9-7-6-8-10-16/h6-13,15,26H,1-5H3/t15-,29-/m1/s1. The van der Waals surface area contributed by atoms with Crippen molar-refractivity contribution in [2.75, 3.05) is 0 Å².